The first kappa shape index (κ1) is 11.7. The Morgan fingerprint density at radius 2 is 1.77 bits per heavy atom. The molecule has 0 fully saturated rings. The first-order chi connectivity index (χ1) is 6.07. The molecule has 0 N–H and O–H groups in total. The van der Waals surface area contributed by atoms with Crippen LogP contribution in [-0.4, -0.2) is 25.3 Å². The Morgan fingerprint density at radius 3 is 2.23 bits per heavy atom. The fraction of sp³-hybridized carbons (Fsp3) is 0.364. The third-order valence-corrected chi connectivity index (χ3v) is 1.73. The summed E-state index contributed by atoms with van der Waals surface area (Å²) < 4.78 is 0. The Hall–Kier alpha value is -1.31. The molecule has 0 saturated heterocycles. The van der Waals surface area contributed by atoms with Gasteiger partial charge in [0, 0.05) is 19.8 Å². The van der Waals surface area contributed by atoms with Crippen LogP contribution in [0.2, 0.25) is 0 Å². The van der Waals surface area contributed by atoms with Crippen molar-refractivity contribution in [2.75, 3.05) is 14.1 Å². The molecule has 2 nitrogen and oxygen atoms in total. The third-order valence-electron chi connectivity index (χ3n) is 1.73. The molecule has 2 heteroatoms. The van der Waals surface area contributed by atoms with Crippen molar-refractivity contribution in [2.24, 2.45) is 0 Å². The number of carbonyl (C=O) groups is 1. The molecular formula is C11H17NO. The second-order valence-corrected chi connectivity index (χ2v) is 3.11. The highest BCUT2D eigenvalue weighted by atomic mass is 16.1. The molecule has 0 atom stereocenters. The molecule has 0 aromatic carbocycles. The van der Waals surface area contributed by atoms with Crippen molar-refractivity contribution < 1.29 is 4.79 Å². The number of allylic oxidation sites excluding steroid dienone is 6. The maximum absolute atomic E-state index is 10.0. The average Bonchev–Trinajstić information content (AvgIpc) is 2.10. The van der Waals surface area contributed by atoms with Crippen LogP contribution in [0.4, 0.5) is 0 Å². The van der Waals surface area contributed by atoms with Gasteiger partial charge >= 0.3 is 0 Å². The first-order valence-corrected chi connectivity index (χ1v) is 4.22. The molecule has 0 amide bonds. The molecule has 13 heavy (non-hydrogen) atoms. The van der Waals surface area contributed by atoms with E-state index in [2.05, 4.69) is 0 Å². The van der Waals surface area contributed by atoms with E-state index in [1.807, 2.05) is 45.0 Å². The molecule has 0 bridgehead atoms. The second kappa shape index (κ2) is 6.23. The maximum atomic E-state index is 10.0. The molecule has 0 unspecified atom stereocenters. The predicted molar refractivity (Wildman–Crippen MR) is 56.4 cm³/mol. The van der Waals surface area contributed by atoms with Gasteiger partial charge in [0.05, 0.1) is 0 Å². The number of carbonyl (C=O) groups excluding carboxylic acids is 1. The largest absolute Gasteiger partial charge is 0.381 e. The summed E-state index contributed by atoms with van der Waals surface area (Å²) in [5.41, 5.74) is 2.24. The molecule has 0 aromatic rings. The van der Waals surface area contributed by atoms with Crippen molar-refractivity contribution in [3.8, 4) is 0 Å². The highest BCUT2D eigenvalue weighted by Gasteiger charge is 1.87. The van der Waals surface area contributed by atoms with Crippen LogP contribution in [0.3, 0.4) is 0 Å². The van der Waals surface area contributed by atoms with E-state index in [0.29, 0.717) is 0 Å². The fourth-order valence-electron chi connectivity index (χ4n) is 0.648. The molecule has 0 radical (unpaired) electrons. The van der Waals surface area contributed by atoms with E-state index < -0.39 is 0 Å². The number of aldehydes is 1. The second-order valence-electron chi connectivity index (χ2n) is 3.11. The Labute approximate surface area is 80.2 Å². The average molecular weight is 179 g/mol. The maximum Gasteiger partial charge on any atom is 0.142 e. The Kier molecular flexibility index (Phi) is 5.60. The van der Waals surface area contributed by atoms with Gasteiger partial charge in [-0.1, -0.05) is 17.7 Å². The van der Waals surface area contributed by atoms with Crippen molar-refractivity contribution in [3.63, 3.8) is 0 Å². The molecule has 0 saturated carbocycles. The summed E-state index contributed by atoms with van der Waals surface area (Å²) in [6.07, 6.45) is 8.05. The lowest BCUT2D eigenvalue weighted by atomic mass is 10.2. The van der Waals surface area contributed by atoms with Crippen molar-refractivity contribution in [2.45, 2.75) is 13.8 Å². The van der Waals surface area contributed by atoms with E-state index in [4.69, 9.17) is 0 Å². The summed E-state index contributed by atoms with van der Waals surface area (Å²) in [6.45, 7) is 3.99. The molecule has 0 aliphatic carbocycles. The van der Waals surface area contributed by atoms with E-state index in [0.717, 1.165) is 11.9 Å². The fourth-order valence-corrected chi connectivity index (χ4v) is 0.648. The minimum absolute atomic E-state index is 0.778. The van der Waals surface area contributed by atoms with Crippen LogP contribution in [0.15, 0.2) is 35.6 Å². The highest BCUT2D eigenvalue weighted by Crippen LogP contribution is 2.00. The lowest BCUT2D eigenvalue weighted by Gasteiger charge is -2.11. The summed E-state index contributed by atoms with van der Waals surface area (Å²) in [6, 6.07) is 0. The number of rotatable bonds is 4. The molecular weight excluding hydrogens is 162 g/mol. The summed E-state index contributed by atoms with van der Waals surface area (Å²) >= 11 is 0. The van der Waals surface area contributed by atoms with Gasteiger partial charge < -0.3 is 4.90 Å². The van der Waals surface area contributed by atoms with Gasteiger partial charge in [0.25, 0.3) is 0 Å². The zero-order valence-corrected chi connectivity index (χ0v) is 8.74. The summed E-state index contributed by atoms with van der Waals surface area (Å²) in [4.78, 5) is 12.1. The molecule has 0 spiro atoms. The van der Waals surface area contributed by atoms with E-state index >= 15 is 0 Å². The number of hydrogen-bond acceptors (Lipinski definition) is 2. The monoisotopic (exact) mass is 179 g/mol. The van der Waals surface area contributed by atoms with E-state index in [-0.39, 0.29) is 0 Å². The topological polar surface area (TPSA) is 20.3 Å². The van der Waals surface area contributed by atoms with Crippen LogP contribution in [-0.2, 0) is 4.79 Å². The SMILES string of the molecule is CC(/C=C/C=O)=C\C=C(/C)N(C)C. The van der Waals surface area contributed by atoms with E-state index in [9.17, 15) is 4.79 Å². The van der Waals surface area contributed by atoms with Gasteiger partial charge in [-0.05, 0) is 26.0 Å². The summed E-state index contributed by atoms with van der Waals surface area (Å²) in [7, 11) is 3.99. The lowest BCUT2D eigenvalue weighted by molar-refractivity contribution is -0.104. The Bertz CT molecular complexity index is 247. The van der Waals surface area contributed by atoms with E-state index in [1.54, 1.807) is 6.08 Å². The van der Waals surface area contributed by atoms with Crippen LogP contribution >= 0.6 is 0 Å². The van der Waals surface area contributed by atoms with Crippen LogP contribution in [0, 0.1) is 0 Å². The molecule has 0 aromatic heterocycles. The lowest BCUT2D eigenvalue weighted by Crippen LogP contribution is -2.07. The minimum Gasteiger partial charge on any atom is -0.381 e. The first-order valence-electron chi connectivity index (χ1n) is 4.22. The Morgan fingerprint density at radius 1 is 1.15 bits per heavy atom. The standard InChI is InChI=1S/C11H17NO/c1-10(6-5-9-13)7-8-11(2)12(3)4/h5-9H,1-4H3/b6-5+,10-7+,11-8+. The van der Waals surface area contributed by atoms with Gasteiger partial charge in [0.2, 0.25) is 0 Å². The number of nitrogens with zero attached hydrogens (tertiary/aromatic N) is 1. The minimum atomic E-state index is 0.778. The van der Waals surface area contributed by atoms with E-state index in [1.165, 1.54) is 11.8 Å². The zero-order chi connectivity index (χ0) is 10.3. The summed E-state index contributed by atoms with van der Waals surface area (Å²) in [5, 5.41) is 0. The van der Waals surface area contributed by atoms with Crippen molar-refractivity contribution in [1.29, 1.82) is 0 Å². The van der Waals surface area contributed by atoms with Gasteiger partial charge in [0.1, 0.15) is 6.29 Å². The third kappa shape index (κ3) is 5.91. The summed E-state index contributed by atoms with van der Waals surface area (Å²) in [5.74, 6) is 0. The smallest absolute Gasteiger partial charge is 0.142 e. The highest BCUT2D eigenvalue weighted by molar-refractivity contribution is 5.65. The van der Waals surface area contributed by atoms with Crippen molar-refractivity contribution in [1.82, 2.24) is 4.90 Å². The van der Waals surface area contributed by atoms with Crippen molar-refractivity contribution >= 4 is 6.29 Å². The predicted octanol–water partition coefficient (Wildman–Crippen LogP) is 2.15. The zero-order valence-electron chi connectivity index (χ0n) is 8.74. The van der Waals surface area contributed by atoms with Crippen LogP contribution in [0.5, 0.6) is 0 Å². The van der Waals surface area contributed by atoms with Crippen molar-refractivity contribution in [3.05, 3.63) is 35.6 Å². The van der Waals surface area contributed by atoms with Crippen LogP contribution in [0.25, 0.3) is 0 Å². The van der Waals surface area contributed by atoms with Gasteiger partial charge in [-0.3, -0.25) is 4.79 Å². The molecule has 0 rings (SSSR count). The normalized spacial score (nSPS) is 13.5. The molecule has 72 valence electrons. The molecule has 0 heterocycles. The quantitative estimate of drug-likeness (QED) is 0.374. The molecule has 0 aliphatic rings. The van der Waals surface area contributed by atoms with Gasteiger partial charge in [-0.25, -0.2) is 0 Å². The van der Waals surface area contributed by atoms with Crippen LogP contribution < -0.4 is 0 Å². The van der Waals surface area contributed by atoms with Crippen LogP contribution in [0.1, 0.15) is 13.8 Å². The van der Waals surface area contributed by atoms with Gasteiger partial charge in [0.15, 0.2) is 0 Å². The number of hydrogen-bond donors (Lipinski definition) is 0. The van der Waals surface area contributed by atoms with Gasteiger partial charge in [-0.15, -0.1) is 0 Å². The van der Waals surface area contributed by atoms with Gasteiger partial charge in [-0.2, -0.15) is 0 Å². The Balaban J connectivity index is 4.32. The molecule has 0 aliphatic heterocycles.